The van der Waals surface area contributed by atoms with Gasteiger partial charge in [0, 0.05) is 50.3 Å². The van der Waals surface area contributed by atoms with E-state index in [1.54, 1.807) is 7.11 Å². The number of rotatable bonds is 4. The number of aromatic nitrogens is 2. The highest BCUT2D eigenvalue weighted by Gasteiger charge is 2.35. The fourth-order valence-electron chi connectivity index (χ4n) is 5.89. The van der Waals surface area contributed by atoms with E-state index in [0.29, 0.717) is 69.0 Å². The predicted molar refractivity (Wildman–Crippen MR) is 181 cm³/mol. The predicted octanol–water partition coefficient (Wildman–Crippen LogP) is 5.45. The third-order valence-electron chi connectivity index (χ3n) is 8.49. The van der Waals surface area contributed by atoms with Crippen molar-refractivity contribution in [1.82, 2.24) is 20.2 Å². The van der Waals surface area contributed by atoms with Crippen LogP contribution in [0.5, 0.6) is 6.01 Å². The van der Waals surface area contributed by atoms with E-state index in [4.69, 9.17) is 44.1 Å². The number of hydrogen-bond donors (Lipinski definition) is 3. The molecule has 2 saturated heterocycles. The van der Waals surface area contributed by atoms with E-state index in [-0.39, 0.29) is 16.8 Å². The zero-order valence-electron chi connectivity index (χ0n) is 27.9. The number of methoxy groups -OCH3 is 1. The molecule has 0 bridgehead atoms. The van der Waals surface area contributed by atoms with Gasteiger partial charge in [-0.1, -0.05) is 23.2 Å². The summed E-state index contributed by atoms with van der Waals surface area (Å²) in [6.45, 7) is 4.29. The molecule has 51 heavy (non-hydrogen) atoms. The summed E-state index contributed by atoms with van der Waals surface area (Å²) in [7, 11) is 3.05. The SMILES string of the molecule is CNC(=O)/C(N)=C(\Cl)C1=NCCCN(c2nc(OC)nc3c2COCC3)C1.FC(F)=C1CC2CCCN2C1.Nc1cc(Cl)c(C(F)(F)F)cc1F. The van der Waals surface area contributed by atoms with Gasteiger partial charge in [0.25, 0.3) is 12.0 Å². The number of fused-ring (bicyclic) bond motifs is 2. The van der Waals surface area contributed by atoms with Gasteiger partial charge in [0.05, 0.1) is 59.6 Å². The number of amides is 1. The first-order valence-corrected chi connectivity index (χ1v) is 16.7. The second-order valence-electron chi connectivity index (χ2n) is 11.9. The molecule has 4 aliphatic rings. The molecule has 0 aliphatic carbocycles. The molecule has 5 heterocycles. The molecule has 5 N–H and O–H groups in total. The zero-order chi connectivity index (χ0) is 37.5. The van der Waals surface area contributed by atoms with E-state index < -0.39 is 40.3 Å². The number of ether oxygens (including phenoxy) is 2. The first kappa shape index (κ1) is 40.0. The van der Waals surface area contributed by atoms with Gasteiger partial charge >= 0.3 is 12.2 Å². The maximum atomic E-state index is 12.6. The summed E-state index contributed by atoms with van der Waals surface area (Å²) in [4.78, 5) is 29.5. The minimum Gasteiger partial charge on any atom is -0.467 e. The Balaban J connectivity index is 0.000000200. The quantitative estimate of drug-likeness (QED) is 0.210. The molecule has 1 atom stereocenters. The maximum absolute atomic E-state index is 12.6. The van der Waals surface area contributed by atoms with Crippen molar-refractivity contribution in [3.8, 4) is 6.01 Å². The Hall–Kier alpha value is -3.80. The molecule has 11 nitrogen and oxygen atoms in total. The molecular weight excluding hydrogens is 729 g/mol. The summed E-state index contributed by atoms with van der Waals surface area (Å²) in [5.41, 5.74) is 12.0. The van der Waals surface area contributed by atoms with E-state index in [9.17, 15) is 31.1 Å². The summed E-state index contributed by atoms with van der Waals surface area (Å²) >= 11 is 11.6. The van der Waals surface area contributed by atoms with Crippen LogP contribution in [0.4, 0.5) is 37.8 Å². The van der Waals surface area contributed by atoms with Crippen molar-refractivity contribution in [2.75, 3.05) is 64.1 Å². The molecule has 2 fully saturated rings. The average molecular weight is 768 g/mol. The van der Waals surface area contributed by atoms with Crippen molar-refractivity contribution in [2.24, 2.45) is 10.7 Å². The number of nitrogens with zero attached hydrogens (tertiary/aromatic N) is 5. The maximum Gasteiger partial charge on any atom is 0.417 e. The van der Waals surface area contributed by atoms with Gasteiger partial charge in [-0.2, -0.15) is 31.9 Å². The monoisotopic (exact) mass is 766 g/mol. The summed E-state index contributed by atoms with van der Waals surface area (Å²) in [5.74, 6) is -0.821. The number of nitrogens with one attached hydrogen (secondary N) is 1. The van der Waals surface area contributed by atoms with Crippen LogP contribution in [-0.4, -0.2) is 86.0 Å². The lowest BCUT2D eigenvalue weighted by Crippen LogP contribution is -2.34. The second kappa shape index (κ2) is 17.6. The van der Waals surface area contributed by atoms with E-state index in [1.165, 1.54) is 13.5 Å². The summed E-state index contributed by atoms with van der Waals surface area (Å²) in [6.07, 6.45) is -1.67. The fourth-order valence-corrected chi connectivity index (χ4v) is 6.37. The number of carbonyl (C=O) groups excluding carboxylic acids is 1. The smallest absolute Gasteiger partial charge is 0.417 e. The van der Waals surface area contributed by atoms with E-state index in [0.717, 1.165) is 49.1 Å². The molecule has 0 radical (unpaired) electrons. The van der Waals surface area contributed by atoms with Crippen molar-refractivity contribution in [3.63, 3.8) is 0 Å². The number of anilines is 2. The average Bonchev–Trinajstić information content (AvgIpc) is 3.64. The van der Waals surface area contributed by atoms with Gasteiger partial charge in [-0.05, 0) is 44.4 Å². The van der Waals surface area contributed by atoms with Crippen LogP contribution in [0.3, 0.4) is 0 Å². The lowest BCUT2D eigenvalue weighted by molar-refractivity contribution is -0.137. The number of aliphatic imine (C=N–C) groups is 1. The largest absolute Gasteiger partial charge is 0.467 e. The van der Waals surface area contributed by atoms with Gasteiger partial charge in [-0.15, -0.1) is 0 Å². The summed E-state index contributed by atoms with van der Waals surface area (Å²) < 4.78 is 83.9. The van der Waals surface area contributed by atoms with Crippen LogP contribution in [0, 0.1) is 5.82 Å². The molecule has 0 saturated carbocycles. The standard InChI is InChI=1S/C17H23ClN6O3.C8H11F2N.C7H4ClF4N/c1-20-16(25)14(19)13(18)12-8-24(6-3-5-21-12)15-10-9-27-7-4-11(10)22-17(23-15)26-2;9-8(10)6-4-7-2-1-3-11(7)5-6;8-4-2-6(13)5(9)1-3(4)7(10,11)12/h3-9,19H2,1-2H3,(H,20,25);7H,1-5H2;1-2H,13H2/b14-13+;;. The minimum atomic E-state index is -4.66. The van der Waals surface area contributed by atoms with Crippen molar-refractivity contribution < 1.29 is 40.6 Å². The first-order chi connectivity index (χ1) is 24.1. The first-order valence-electron chi connectivity index (χ1n) is 15.9. The van der Waals surface area contributed by atoms with Crippen molar-refractivity contribution >= 4 is 46.3 Å². The molecule has 1 aromatic heterocycles. The normalized spacial score (nSPS) is 19.3. The lowest BCUT2D eigenvalue weighted by atomic mass is 10.1. The zero-order valence-corrected chi connectivity index (χ0v) is 29.4. The molecule has 1 unspecified atom stereocenters. The highest BCUT2D eigenvalue weighted by atomic mass is 35.5. The Labute approximate surface area is 300 Å². The van der Waals surface area contributed by atoms with Gasteiger partial charge in [0.1, 0.15) is 17.3 Å². The molecule has 2 aromatic rings. The number of carbonyl (C=O) groups is 1. The third kappa shape index (κ3) is 10.2. The third-order valence-corrected chi connectivity index (χ3v) is 9.22. The molecular formula is C32H38Cl2F6N8O3. The van der Waals surface area contributed by atoms with Crippen LogP contribution in [0.1, 0.15) is 42.5 Å². The Morgan fingerprint density at radius 3 is 2.55 bits per heavy atom. The number of alkyl halides is 3. The Bertz CT molecular complexity index is 1670. The van der Waals surface area contributed by atoms with Gasteiger partial charge < -0.3 is 31.2 Å². The highest BCUT2D eigenvalue weighted by Crippen LogP contribution is 2.37. The van der Waals surface area contributed by atoms with Crippen LogP contribution in [0.15, 0.2) is 39.5 Å². The van der Waals surface area contributed by atoms with E-state index in [1.807, 2.05) is 0 Å². The molecule has 4 aliphatic heterocycles. The van der Waals surface area contributed by atoms with Crippen LogP contribution in [0.25, 0.3) is 0 Å². The number of nitrogens with two attached hydrogens (primary N) is 2. The molecule has 19 heteroatoms. The molecule has 1 aromatic carbocycles. The molecule has 280 valence electrons. The van der Waals surface area contributed by atoms with Gasteiger partial charge in [-0.25, -0.2) is 4.39 Å². The number of benzene rings is 1. The Kier molecular flexibility index (Phi) is 13.8. The second-order valence-corrected chi connectivity index (χ2v) is 12.6. The number of halogens is 8. The highest BCUT2D eigenvalue weighted by molar-refractivity contribution is 6.45. The summed E-state index contributed by atoms with van der Waals surface area (Å²) in [6, 6.07) is 1.77. The fraction of sp³-hybridized carbons (Fsp3) is 0.500. The van der Waals surface area contributed by atoms with Crippen LogP contribution in [-0.2, 0) is 28.7 Å². The number of hydrogen-bond acceptors (Lipinski definition) is 10. The van der Waals surface area contributed by atoms with Gasteiger partial charge in [0.2, 0.25) is 0 Å². The summed E-state index contributed by atoms with van der Waals surface area (Å²) in [5, 5.41) is 2.03. The minimum absolute atomic E-state index is 0.0506. The number of likely N-dealkylation sites (N-methyl/N-ethyl adjacent to an activating group) is 1. The number of nitrogen functional groups attached to an aromatic ring is 1. The van der Waals surface area contributed by atoms with Gasteiger partial charge in [0.15, 0.2) is 0 Å². The van der Waals surface area contributed by atoms with Crippen LogP contribution in [0.2, 0.25) is 5.02 Å². The van der Waals surface area contributed by atoms with E-state index >= 15 is 0 Å². The Morgan fingerprint density at radius 1 is 1.16 bits per heavy atom. The van der Waals surface area contributed by atoms with Gasteiger partial charge in [-0.3, -0.25) is 14.7 Å². The van der Waals surface area contributed by atoms with Crippen molar-refractivity contribution in [3.05, 3.63) is 62.2 Å². The molecule has 6 rings (SSSR count). The van der Waals surface area contributed by atoms with Crippen LogP contribution >= 0.6 is 23.2 Å². The lowest BCUT2D eigenvalue weighted by Gasteiger charge is -2.27. The Morgan fingerprint density at radius 2 is 1.90 bits per heavy atom. The molecule has 1 amide bonds. The molecule has 0 spiro atoms. The topological polar surface area (TPSA) is 144 Å². The van der Waals surface area contributed by atoms with Crippen molar-refractivity contribution in [1.29, 1.82) is 0 Å². The van der Waals surface area contributed by atoms with E-state index in [2.05, 4.69) is 30.1 Å². The van der Waals surface area contributed by atoms with Crippen molar-refractivity contribution in [2.45, 2.75) is 50.9 Å². The van der Waals surface area contributed by atoms with Crippen LogP contribution < -0.4 is 26.4 Å².